The highest BCUT2D eigenvalue weighted by Gasteiger charge is 2.19. The smallest absolute Gasteiger partial charge is 0.351 e. The minimum atomic E-state index is -1.12. The molecule has 0 heterocycles. The van der Waals surface area contributed by atoms with E-state index in [4.69, 9.17) is 9.47 Å². The van der Waals surface area contributed by atoms with Crippen LogP contribution >= 0.6 is 0 Å². The largest absolute Gasteiger partial charge is 0.497 e. The lowest BCUT2D eigenvalue weighted by atomic mass is 10.2. The Bertz CT molecular complexity index is 776. The zero-order chi connectivity index (χ0) is 18.8. The minimum Gasteiger partial charge on any atom is -0.497 e. The first-order valence-electron chi connectivity index (χ1n) is 7.96. The van der Waals surface area contributed by atoms with E-state index in [0.717, 1.165) is 16.9 Å². The van der Waals surface area contributed by atoms with Gasteiger partial charge in [0.25, 0.3) is 0 Å². The summed E-state index contributed by atoms with van der Waals surface area (Å²) in [5, 5.41) is 0. The second-order valence-electron chi connectivity index (χ2n) is 5.26. The molecular weight excluding hydrogens is 332 g/mol. The van der Waals surface area contributed by atoms with Gasteiger partial charge in [-0.05, 0) is 35.4 Å². The van der Waals surface area contributed by atoms with Crippen molar-refractivity contribution in [2.75, 3.05) is 14.2 Å². The molecule has 0 fully saturated rings. The van der Waals surface area contributed by atoms with Crippen LogP contribution < -0.4 is 4.74 Å². The molecular formula is C21H20O5. The molecule has 134 valence electrons. The van der Waals surface area contributed by atoms with E-state index in [0.29, 0.717) is 0 Å². The Balaban J connectivity index is 2.02. The molecule has 2 aromatic carbocycles. The molecule has 26 heavy (non-hydrogen) atoms. The van der Waals surface area contributed by atoms with Crippen LogP contribution in [0.2, 0.25) is 0 Å². The quantitative estimate of drug-likeness (QED) is 0.564. The molecule has 0 saturated carbocycles. The SMILES string of the molecule is COC(=O)[C@@H](/C=C/c1ccccc1)OC(=O)/C=C/c1ccc(OC)cc1. The fraction of sp³-hybridized carbons (Fsp3) is 0.143. The van der Waals surface area contributed by atoms with Crippen LogP contribution in [0, 0.1) is 0 Å². The van der Waals surface area contributed by atoms with Gasteiger partial charge < -0.3 is 14.2 Å². The number of esters is 2. The fourth-order valence-electron chi connectivity index (χ4n) is 2.09. The van der Waals surface area contributed by atoms with Gasteiger partial charge in [0.05, 0.1) is 14.2 Å². The van der Waals surface area contributed by atoms with E-state index in [1.165, 1.54) is 19.3 Å². The van der Waals surface area contributed by atoms with E-state index < -0.39 is 18.0 Å². The highest BCUT2D eigenvalue weighted by Crippen LogP contribution is 2.12. The fourth-order valence-corrected chi connectivity index (χ4v) is 2.09. The molecule has 0 spiro atoms. The molecule has 2 aromatic rings. The van der Waals surface area contributed by atoms with Crippen molar-refractivity contribution in [2.45, 2.75) is 6.10 Å². The van der Waals surface area contributed by atoms with E-state index >= 15 is 0 Å². The molecule has 0 saturated heterocycles. The number of hydrogen-bond acceptors (Lipinski definition) is 5. The van der Waals surface area contributed by atoms with Crippen LogP contribution in [0.15, 0.2) is 66.7 Å². The number of benzene rings is 2. The lowest BCUT2D eigenvalue weighted by Crippen LogP contribution is -2.25. The molecule has 0 aliphatic rings. The van der Waals surface area contributed by atoms with E-state index in [1.807, 2.05) is 30.3 Å². The normalized spacial score (nSPS) is 12.1. The van der Waals surface area contributed by atoms with Gasteiger partial charge in [0.2, 0.25) is 6.10 Å². The van der Waals surface area contributed by atoms with Crippen LogP contribution in [0.25, 0.3) is 12.2 Å². The molecule has 0 aliphatic heterocycles. The number of methoxy groups -OCH3 is 2. The zero-order valence-electron chi connectivity index (χ0n) is 14.6. The highest BCUT2D eigenvalue weighted by atomic mass is 16.6. The Morgan fingerprint density at radius 2 is 1.54 bits per heavy atom. The van der Waals surface area contributed by atoms with Crippen molar-refractivity contribution in [3.05, 3.63) is 77.9 Å². The molecule has 0 bridgehead atoms. The van der Waals surface area contributed by atoms with Crippen LogP contribution in [0.5, 0.6) is 5.75 Å². The van der Waals surface area contributed by atoms with Crippen LogP contribution in [0.4, 0.5) is 0 Å². The monoisotopic (exact) mass is 352 g/mol. The van der Waals surface area contributed by atoms with Crippen molar-refractivity contribution in [1.29, 1.82) is 0 Å². The molecule has 5 heteroatoms. The topological polar surface area (TPSA) is 61.8 Å². The first kappa shape index (κ1) is 19.0. The van der Waals surface area contributed by atoms with Crippen molar-refractivity contribution in [2.24, 2.45) is 0 Å². The zero-order valence-corrected chi connectivity index (χ0v) is 14.6. The van der Waals surface area contributed by atoms with Crippen LogP contribution in [-0.2, 0) is 19.1 Å². The second-order valence-corrected chi connectivity index (χ2v) is 5.26. The lowest BCUT2D eigenvalue weighted by molar-refractivity contribution is -0.159. The standard InChI is InChI=1S/C21H20O5/c1-24-18-12-8-17(9-13-18)11-15-20(22)26-19(21(23)25-2)14-10-16-6-4-3-5-7-16/h3-15,19H,1-2H3/b14-10+,15-11+/t19-/m1/s1. The number of rotatable bonds is 7. The summed E-state index contributed by atoms with van der Waals surface area (Å²) in [5.41, 5.74) is 1.68. The summed E-state index contributed by atoms with van der Waals surface area (Å²) in [7, 11) is 2.82. The van der Waals surface area contributed by atoms with E-state index in [1.54, 1.807) is 43.5 Å². The minimum absolute atomic E-state index is 0.645. The van der Waals surface area contributed by atoms with Gasteiger partial charge >= 0.3 is 11.9 Å². The third kappa shape index (κ3) is 5.94. The van der Waals surface area contributed by atoms with Crippen molar-refractivity contribution in [3.63, 3.8) is 0 Å². The van der Waals surface area contributed by atoms with Crippen molar-refractivity contribution < 1.29 is 23.8 Å². The maximum absolute atomic E-state index is 12.0. The van der Waals surface area contributed by atoms with Crippen LogP contribution in [0.3, 0.4) is 0 Å². The van der Waals surface area contributed by atoms with Gasteiger partial charge in [-0.1, -0.05) is 48.5 Å². The predicted octanol–water partition coefficient (Wildman–Crippen LogP) is 3.51. The molecule has 0 N–H and O–H groups in total. The number of carbonyl (C=O) groups excluding carboxylic acids is 2. The summed E-state index contributed by atoms with van der Waals surface area (Å²) in [4.78, 5) is 23.8. The lowest BCUT2D eigenvalue weighted by Gasteiger charge is -2.10. The van der Waals surface area contributed by atoms with E-state index in [2.05, 4.69) is 4.74 Å². The molecule has 0 aromatic heterocycles. The van der Waals surface area contributed by atoms with Gasteiger partial charge in [0, 0.05) is 6.08 Å². The molecule has 5 nitrogen and oxygen atoms in total. The average molecular weight is 352 g/mol. The van der Waals surface area contributed by atoms with E-state index in [-0.39, 0.29) is 0 Å². The Hall–Kier alpha value is -3.34. The third-order valence-electron chi connectivity index (χ3n) is 3.47. The number of ether oxygens (including phenoxy) is 3. The summed E-state index contributed by atoms with van der Waals surface area (Å²) in [6.07, 6.45) is 4.92. The summed E-state index contributed by atoms with van der Waals surface area (Å²) < 4.78 is 14.9. The van der Waals surface area contributed by atoms with Crippen LogP contribution in [-0.4, -0.2) is 32.3 Å². The molecule has 0 unspecified atom stereocenters. The van der Waals surface area contributed by atoms with Crippen molar-refractivity contribution >= 4 is 24.1 Å². The maximum Gasteiger partial charge on any atom is 0.351 e. The van der Waals surface area contributed by atoms with Gasteiger partial charge in [-0.3, -0.25) is 0 Å². The average Bonchev–Trinajstić information content (AvgIpc) is 2.70. The number of hydrogen-bond donors (Lipinski definition) is 0. The van der Waals surface area contributed by atoms with Crippen molar-refractivity contribution in [3.8, 4) is 5.75 Å². The molecule has 1 atom stereocenters. The maximum atomic E-state index is 12.0. The Labute approximate surface area is 152 Å². The van der Waals surface area contributed by atoms with Crippen molar-refractivity contribution in [1.82, 2.24) is 0 Å². The molecule has 0 radical (unpaired) electrons. The summed E-state index contributed by atoms with van der Waals surface area (Å²) in [6, 6.07) is 16.5. The number of carbonyl (C=O) groups is 2. The Kier molecular flexibility index (Phi) is 7.18. The summed E-state index contributed by atoms with van der Waals surface area (Å²) in [6.45, 7) is 0. The highest BCUT2D eigenvalue weighted by molar-refractivity contribution is 5.90. The Morgan fingerprint density at radius 1 is 0.885 bits per heavy atom. The van der Waals surface area contributed by atoms with Gasteiger partial charge in [-0.25, -0.2) is 9.59 Å². The van der Waals surface area contributed by atoms with Gasteiger partial charge in [-0.15, -0.1) is 0 Å². The first-order valence-corrected chi connectivity index (χ1v) is 7.96. The van der Waals surface area contributed by atoms with Gasteiger partial charge in [0.1, 0.15) is 5.75 Å². The van der Waals surface area contributed by atoms with Gasteiger partial charge in [-0.2, -0.15) is 0 Å². The summed E-state index contributed by atoms with van der Waals surface area (Å²) >= 11 is 0. The Morgan fingerprint density at radius 3 is 2.15 bits per heavy atom. The molecule has 0 amide bonds. The van der Waals surface area contributed by atoms with Gasteiger partial charge in [0.15, 0.2) is 0 Å². The van der Waals surface area contributed by atoms with Crippen LogP contribution in [0.1, 0.15) is 11.1 Å². The first-order chi connectivity index (χ1) is 12.6. The predicted molar refractivity (Wildman–Crippen MR) is 99.4 cm³/mol. The third-order valence-corrected chi connectivity index (χ3v) is 3.47. The summed E-state index contributed by atoms with van der Waals surface area (Å²) in [5.74, 6) is -0.571. The van der Waals surface area contributed by atoms with E-state index in [9.17, 15) is 9.59 Å². The molecule has 0 aliphatic carbocycles. The molecule has 2 rings (SSSR count). The second kappa shape index (κ2) is 9.84.